The Morgan fingerprint density at radius 1 is 1.11 bits per heavy atom. The number of ether oxygens (including phenoxy) is 1. The number of hydrogen-bond acceptors (Lipinski definition) is 4. The minimum atomic E-state index is -0.190. The van der Waals surface area contributed by atoms with Gasteiger partial charge in [-0.05, 0) is 58.4 Å². The van der Waals surface area contributed by atoms with Gasteiger partial charge >= 0.3 is 0 Å². The standard InChI is InChI=1S/C21H17BrN2O3/c1-27-19-11-10-18(22)17(20(19)25)13-23-15-8-5-9-16(12-15)24-21(26)14-6-3-2-4-7-14/h2-13,25H,1H3,(H,24,26). The number of anilines is 1. The molecule has 5 nitrogen and oxygen atoms in total. The number of phenolic OH excluding ortho intramolecular Hbond substituents is 1. The minimum absolute atomic E-state index is 0.00385. The van der Waals surface area contributed by atoms with Crippen LogP contribution in [0.25, 0.3) is 0 Å². The maximum Gasteiger partial charge on any atom is 0.255 e. The van der Waals surface area contributed by atoms with E-state index >= 15 is 0 Å². The Kier molecular flexibility index (Phi) is 5.88. The molecule has 0 radical (unpaired) electrons. The van der Waals surface area contributed by atoms with E-state index in [0.717, 1.165) is 0 Å². The fraction of sp³-hybridized carbons (Fsp3) is 0.0476. The Bertz CT molecular complexity index is 988. The molecule has 3 aromatic carbocycles. The van der Waals surface area contributed by atoms with E-state index in [4.69, 9.17) is 4.74 Å². The van der Waals surface area contributed by atoms with Crippen molar-refractivity contribution in [1.82, 2.24) is 0 Å². The Morgan fingerprint density at radius 2 is 1.89 bits per heavy atom. The summed E-state index contributed by atoms with van der Waals surface area (Å²) in [5.74, 6) is 0.178. The quantitative estimate of drug-likeness (QED) is 0.555. The van der Waals surface area contributed by atoms with Gasteiger partial charge in [0.15, 0.2) is 11.5 Å². The minimum Gasteiger partial charge on any atom is -0.504 e. The van der Waals surface area contributed by atoms with Gasteiger partial charge in [-0.3, -0.25) is 9.79 Å². The number of hydrogen-bond donors (Lipinski definition) is 2. The van der Waals surface area contributed by atoms with Gasteiger partial charge in [-0.2, -0.15) is 0 Å². The first-order valence-electron chi connectivity index (χ1n) is 8.14. The first-order chi connectivity index (χ1) is 13.1. The van der Waals surface area contributed by atoms with Gasteiger partial charge in [-0.1, -0.05) is 24.3 Å². The monoisotopic (exact) mass is 424 g/mol. The molecular formula is C21H17BrN2O3. The Balaban J connectivity index is 1.80. The van der Waals surface area contributed by atoms with Crippen LogP contribution in [0, 0.1) is 0 Å². The molecule has 1 amide bonds. The van der Waals surface area contributed by atoms with E-state index in [2.05, 4.69) is 26.2 Å². The smallest absolute Gasteiger partial charge is 0.255 e. The number of halogens is 1. The average Bonchev–Trinajstić information content (AvgIpc) is 2.69. The third kappa shape index (κ3) is 4.54. The van der Waals surface area contributed by atoms with Gasteiger partial charge in [0.2, 0.25) is 0 Å². The number of aliphatic imine (C=N–C) groups is 1. The van der Waals surface area contributed by atoms with E-state index < -0.39 is 0 Å². The first-order valence-corrected chi connectivity index (χ1v) is 8.94. The number of rotatable bonds is 5. The van der Waals surface area contributed by atoms with Gasteiger partial charge in [-0.25, -0.2) is 0 Å². The second kappa shape index (κ2) is 8.51. The first kappa shape index (κ1) is 18.7. The summed E-state index contributed by atoms with van der Waals surface area (Å²) < 4.78 is 5.81. The van der Waals surface area contributed by atoms with Crippen LogP contribution in [0.3, 0.4) is 0 Å². The van der Waals surface area contributed by atoms with Crippen LogP contribution in [0.5, 0.6) is 11.5 Å². The zero-order valence-corrected chi connectivity index (χ0v) is 16.1. The lowest BCUT2D eigenvalue weighted by Crippen LogP contribution is -2.11. The molecule has 0 fully saturated rings. The van der Waals surface area contributed by atoms with Gasteiger partial charge in [0, 0.05) is 21.9 Å². The number of amides is 1. The average molecular weight is 425 g/mol. The van der Waals surface area contributed by atoms with E-state index in [9.17, 15) is 9.90 Å². The molecule has 0 saturated heterocycles. The number of methoxy groups -OCH3 is 1. The molecule has 0 heterocycles. The van der Waals surface area contributed by atoms with Gasteiger partial charge in [0.05, 0.1) is 18.4 Å². The number of benzene rings is 3. The van der Waals surface area contributed by atoms with E-state index in [-0.39, 0.29) is 11.7 Å². The van der Waals surface area contributed by atoms with Crippen molar-refractivity contribution in [2.24, 2.45) is 4.99 Å². The molecule has 0 atom stereocenters. The predicted molar refractivity (Wildman–Crippen MR) is 110 cm³/mol. The number of carbonyl (C=O) groups excluding carboxylic acids is 1. The molecule has 0 unspecified atom stereocenters. The maximum atomic E-state index is 12.3. The summed E-state index contributed by atoms with van der Waals surface area (Å²) in [5, 5.41) is 13.1. The van der Waals surface area contributed by atoms with Gasteiger partial charge in [0.1, 0.15) is 0 Å². The summed E-state index contributed by atoms with van der Waals surface area (Å²) in [4.78, 5) is 16.7. The molecule has 0 aliphatic carbocycles. The Hall–Kier alpha value is -3.12. The molecule has 6 heteroatoms. The van der Waals surface area contributed by atoms with Gasteiger partial charge in [0.25, 0.3) is 5.91 Å². The van der Waals surface area contributed by atoms with E-state index in [1.165, 1.54) is 7.11 Å². The van der Waals surface area contributed by atoms with Crippen LogP contribution in [0.2, 0.25) is 0 Å². The molecule has 0 spiro atoms. The highest BCUT2D eigenvalue weighted by molar-refractivity contribution is 9.10. The van der Waals surface area contributed by atoms with Crippen LogP contribution >= 0.6 is 15.9 Å². The third-order valence-corrected chi connectivity index (χ3v) is 4.52. The van der Waals surface area contributed by atoms with Crippen molar-refractivity contribution in [2.75, 3.05) is 12.4 Å². The van der Waals surface area contributed by atoms with Crippen LogP contribution in [0.1, 0.15) is 15.9 Å². The van der Waals surface area contributed by atoms with E-state index in [1.807, 2.05) is 18.2 Å². The third-order valence-electron chi connectivity index (χ3n) is 3.83. The molecule has 3 aromatic rings. The lowest BCUT2D eigenvalue weighted by atomic mass is 10.2. The molecule has 3 rings (SSSR count). The highest BCUT2D eigenvalue weighted by Crippen LogP contribution is 2.34. The zero-order valence-electron chi connectivity index (χ0n) is 14.5. The Labute approximate surface area is 165 Å². The number of carbonyl (C=O) groups is 1. The van der Waals surface area contributed by atoms with Crippen LogP contribution in [0.15, 0.2) is 76.2 Å². The lowest BCUT2D eigenvalue weighted by molar-refractivity contribution is 0.102. The summed E-state index contributed by atoms with van der Waals surface area (Å²) in [6.45, 7) is 0. The molecule has 27 heavy (non-hydrogen) atoms. The van der Waals surface area contributed by atoms with Crippen molar-refractivity contribution in [3.05, 3.63) is 82.3 Å². The van der Waals surface area contributed by atoms with Gasteiger partial charge < -0.3 is 15.2 Å². The van der Waals surface area contributed by atoms with Crippen molar-refractivity contribution in [3.8, 4) is 11.5 Å². The number of phenols is 1. The summed E-state index contributed by atoms with van der Waals surface area (Å²) in [6, 6.07) is 19.6. The second-order valence-corrected chi connectivity index (χ2v) is 6.49. The van der Waals surface area contributed by atoms with Gasteiger partial charge in [-0.15, -0.1) is 0 Å². The second-order valence-electron chi connectivity index (χ2n) is 5.64. The highest BCUT2D eigenvalue weighted by atomic mass is 79.9. The lowest BCUT2D eigenvalue weighted by Gasteiger charge is -2.08. The number of nitrogens with zero attached hydrogens (tertiary/aromatic N) is 1. The molecule has 0 aliphatic rings. The van der Waals surface area contributed by atoms with Crippen LogP contribution in [-0.4, -0.2) is 24.3 Å². The molecular weight excluding hydrogens is 408 g/mol. The molecule has 0 aliphatic heterocycles. The fourth-order valence-corrected chi connectivity index (χ4v) is 2.87. The van der Waals surface area contributed by atoms with Crippen molar-refractivity contribution in [1.29, 1.82) is 0 Å². The predicted octanol–water partition coefficient (Wildman–Crippen LogP) is 5.17. The summed E-state index contributed by atoms with van der Waals surface area (Å²) in [6.07, 6.45) is 1.54. The maximum absolute atomic E-state index is 12.3. The SMILES string of the molecule is COc1ccc(Br)c(C=Nc2cccc(NC(=O)c3ccccc3)c2)c1O. The number of nitrogens with one attached hydrogen (secondary N) is 1. The molecule has 136 valence electrons. The van der Waals surface area contributed by atoms with Crippen molar-refractivity contribution in [2.45, 2.75) is 0 Å². The molecule has 0 aromatic heterocycles. The fourth-order valence-electron chi connectivity index (χ4n) is 2.45. The molecule has 0 bridgehead atoms. The number of aromatic hydroxyl groups is 1. The normalized spacial score (nSPS) is 10.7. The molecule has 2 N–H and O–H groups in total. The topological polar surface area (TPSA) is 70.9 Å². The molecule has 0 saturated carbocycles. The zero-order chi connectivity index (χ0) is 19.2. The van der Waals surface area contributed by atoms with E-state index in [0.29, 0.717) is 32.7 Å². The largest absolute Gasteiger partial charge is 0.504 e. The highest BCUT2D eigenvalue weighted by Gasteiger charge is 2.10. The summed E-state index contributed by atoms with van der Waals surface area (Å²) in [7, 11) is 1.49. The van der Waals surface area contributed by atoms with Crippen LogP contribution < -0.4 is 10.1 Å². The summed E-state index contributed by atoms with van der Waals surface area (Å²) in [5.41, 5.74) is 2.35. The van der Waals surface area contributed by atoms with Crippen LogP contribution in [0.4, 0.5) is 11.4 Å². The van der Waals surface area contributed by atoms with E-state index in [1.54, 1.807) is 54.7 Å². The van der Waals surface area contributed by atoms with Crippen molar-refractivity contribution in [3.63, 3.8) is 0 Å². The summed E-state index contributed by atoms with van der Waals surface area (Å²) >= 11 is 3.39. The van der Waals surface area contributed by atoms with Crippen molar-refractivity contribution >= 4 is 39.4 Å². The van der Waals surface area contributed by atoms with Crippen LogP contribution in [-0.2, 0) is 0 Å². The Morgan fingerprint density at radius 3 is 2.63 bits per heavy atom. The van der Waals surface area contributed by atoms with Crippen molar-refractivity contribution < 1.29 is 14.6 Å².